The molecule has 7 heteroatoms. The first-order valence-corrected chi connectivity index (χ1v) is 8.51. The molecular formula is C17H22N4O2S. The number of hydrogen-bond acceptors (Lipinski definition) is 5. The van der Waals surface area contributed by atoms with E-state index in [9.17, 15) is 9.59 Å². The van der Waals surface area contributed by atoms with Crippen LogP contribution in [0.5, 0.6) is 0 Å². The average molecular weight is 346 g/mol. The maximum Gasteiger partial charge on any atom is 0.248 e. The molecule has 2 amide bonds. The van der Waals surface area contributed by atoms with E-state index in [2.05, 4.69) is 20.8 Å². The summed E-state index contributed by atoms with van der Waals surface area (Å²) in [5.74, 6) is -0.498. The van der Waals surface area contributed by atoms with E-state index < -0.39 is 11.5 Å². The van der Waals surface area contributed by atoms with Gasteiger partial charge >= 0.3 is 0 Å². The van der Waals surface area contributed by atoms with Crippen LogP contribution < -0.4 is 10.6 Å². The van der Waals surface area contributed by atoms with E-state index in [4.69, 9.17) is 0 Å². The van der Waals surface area contributed by atoms with Crippen LogP contribution in [0.2, 0.25) is 0 Å². The molecule has 24 heavy (non-hydrogen) atoms. The molecule has 0 saturated carbocycles. The quantitative estimate of drug-likeness (QED) is 0.891. The molecule has 0 spiro atoms. The van der Waals surface area contributed by atoms with Crippen molar-refractivity contribution in [2.75, 3.05) is 5.32 Å². The van der Waals surface area contributed by atoms with Gasteiger partial charge in [-0.05, 0) is 13.8 Å². The van der Waals surface area contributed by atoms with Crippen molar-refractivity contribution >= 4 is 28.3 Å². The lowest BCUT2D eigenvalue weighted by atomic mass is 9.95. The van der Waals surface area contributed by atoms with E-state index >= 15 is 0 Å². The van der Waals surface area contributed by atoms with Gasteiger partial charge in [-0.1, -0.05) is 61.9 Å². The first-order valence-electron chi connectivity index (χ1n) is 7.69. The Morgan fingerprint density at radius 3 is 2.33 bits per heavy atom. The third-order valence-electron chi connectivity index (χ3n) is 3.38. The van der Waals surface area contributed by atoms with Crippen molar-refractivity contribution in [3.8, 4) is 10.6 Å². The van der Waals surface area contributed by atoms with E-state index in [1.807, 2.05) is 31.2 Å². The SMILES string of the molecule is Cc1ccc(-c2nnc(NC(=O)C(C)NC(=O)C(C)(C)C)s2)cc1. The van der Waals surface area contributed by atoms with Gasteiger partial charge in [0.25, 0.3) is 0 Å². The van der Waals surface area contributed by atoms with Crippen molar-refractivity contribution in [1.29, 1.82) is 0 Å². The Morgan fingerprint density at radius 2 is 1.75 bits per heavy atom. The Bertz CT molecular complexity index is 732. The fourth-order valence-electron chi connectivity index (χ4n) is 1.78. The number of anilines is 1. The minimum atomic E-state index is -0.650. The topological polar surface area (TPSA) is 84.0 Å². The molecule has 0 radical (unpaired) electrons. The summed E-state index contributed by atoms with van der Waals surface area (Å²) in [5, 5.41) is 14.6. The summed E-state index contributed by atoms with van der Waals surface area (Å²) in [4.78, 5) is 24.1. The Kier molecular flexibility index (Phi) is 5.33. The van der Waals surface area contributed by atoms with Gasteiger partial charge in [-0.2, -0.15) is 0 Å². The number of amides is 2. The molecule has 1 unspecified atom stereocenters. The number of carbonyl (C=O) groups excluding carboxylic acids is 2. The molecule has 0 aliphatic heterocycles. The van der Waals surface area contributed by atoms with Gasteiger partial charge in [0.1, 0.15) is 11.0 Å². The highest BCUT2D eigenvalue weighted by molar-refractivity contribution is 7.18. The highest BCUT2D eigenvalue weighted by Gasteiger charge is 2.25. The van der Waals surface area contributed by atoms with Crippen molar-refractivity contribution in [1.82, 2.24) is 15.5 Å². The molecule has 1 heterocycles. The molecule has 6 nitrogen and oxygen atoms in total. The van der Waals surface area contributed by atoms with Gasteiger partial charge in [0.05, 0.1) is 0 Å². The van der Waals surface area contributed by atoms with Gasteiger partial charge in [0.15, 0.2) is 0 Å². The molecule has 2 rings (SSSR count). The van der Waals surface area contributed by atoms with Gasteiger partial charge in [-0.3, -0.25) is 14.9 Å². The summed E-state index contributed by atoms with van der Waals surface area (Å²) < 4.78 is 0. The largest absolute Gasteiger partial charge is 0.344 e. The van der Waals surface area contributed by atoms with Crippen molar-refractivity contribution in [2.24, 2.45) is 5.41 Å². The van der Waals surface area contributed by atoms with E-state index in [0.29, 0.717) is 5.13 Å². The Balaban J connectivity index is 2.00. The predicted octanol–water partition coefficient (Wildman–Crippen LogP) is 3.00. The number of aryl methyl sites for hydroxylation is 1. The van der Waals surface area contributed by atoms with Crippen molar-refractivity contribution in [3.63, 3.8) is 0 Å². The van der Waals surface area contributed by atoms with E-state index in [1.165, 1.54) is 16.9 Å². The van der Waals surface area contributed by atoms with Crippen LogP contribution in [0.25, 0.3) is 10.6 Å². The Labute approximate surface area is 145 Å². The third-order valence-corrected chi connectivity index (χ3v) is 4.26. The summed E-state index contributed by atoms with van der Waals surface area (Å²) in [6.45, 7) is 9.05. The molecular weight excluding hydrogens is 324 g/mol. The smallest absolute Gasteiger partial charge is 0.248 e. The molecule has 1 atom stereocenters. The number of benzene rings is 1. The lowest BCUT2D eigenvalue weighted by Crippen LogP contribution is -2.46. The molecule has 2 N–H and O–H groups in total. The molecule has 1 aromatic carbocycles. The minimum Gasteiger partial charge on any atom is -0.344 e. The van der Waals surface area contributed by atoms with Crippen LogP contribution in [0.4, 0.5) is 5.13 Å². The fraction of sp³-hybridized carbons (Fsp3) is 0.412. The van der Waals surface area contributed by atoms with Crippen LogP contribution in [0.1, 0.15) is 33.3 Å². The predicted molar refractivity (Wildman–Crippen MR) is 95.8 cm³/mol. The van der Waals surface area contributed by atoms with Gasteiger partial charge < -0.3 is 5.32 Å². The lowest BCUT2D eigenvalue weighted by molar-refractivity contribution is -0.131. The molecule has 0 aliphatic carbocycles. The maximum absolute atomic E-state index is 12.2. The normalized spacial score (nSPS) is 12.5. The number of carbonyl (C=O) groups is 2. The van der Waals surface area contributed by atoms with Crippen molar-refractivity contribution in [2.45, 2.75) is 40.7 Å². The summed E-state index contributed by atoms with van der Waals surface area (Å²) >= 11 is 1.30. The van der Waals surface area contributed by atoms with E-state index in [1.54, 1.807) is 27.7 Å². The van der Waals surface area contributed by atoms with Crippen molar-refractivity contribution in [3.05, 3.63) is 29.8 Å². The Hall–Kier alpha value is -2.28. The van der Waals surface area contributed by atoms with Crippen LogP contribution in [-0.2, 0) is 9.59 Å². The second-order valence-corrected chi connectivity index (χ2v) is 7.69. The number of nitrogens with one attached hydrogen (secondary N) is 2. The molecule has 128 valence electrons. The van der Waals surface area contributed by atoms with Gasteiger partial charge in [-0.15, -0.1) is 10.2 Å². The highest BCUT2D eigenvalue weighted by atomic mass is 32.1. The lowest BCUT2D eigenvalue weighted by Gasteiger charge is -2.21. The number of hydrogen-bond donors (Lipinski definition) is 2. The summed E-state index contributed by atoms with van der Waals surface area (Å²) in [6.07, 6.45) is 0. The molecule has 0 fully saturated rings. The third kappa shape index (κ3) is 4.61. The van der Waals surface area contributed by atoms with Crippen molar-refractivity contribution < 1.29 is 9.59 Å². The summed E-state index contributed by atoms with van der Waals surface area (Å²) in [5.41, 5.74) is 1.57. The zero-order valence-corrected chi connectivity index (χ0v) is 15.3. The number of aromatic nitrogens is 2. The standard InChI is InChI=1S/C17H22N4O2S/c1-10-6-8-12(9-7-10)14-20-21-16(24-14)19-13(22)11(2)18-15(23)17(3,4)5/h6-9,11H,1-5H3,(H,18,23)(H,19,21,22). The van der Waals surface area contributed by atoms with Gasteiger partial charge in [0, 0.05) is 11.0 Å². The second-order valence-electron chi connectivity index (χ2n) is 6.71. The first kappa shape index (κ1) is 18.1. The molecule has 0 saturated heterocycles. The van der Waals surface area contributed by atoms with Crippen LogP contribution in [-0.4, -0.2) is 28.1 Å². The second kappa shape index (κ2) is 7.09. The van der Waals surface area contributed by atoms with Crippen LogP contribution in [0.15, 0.2) is 24.3 Å². The summed E-state index contributed by atoms with van der Waals surface area (Å²) in [7, 11) is 0. The highest BCUT2D eigenvalue weighted by Crippen LogP contribution is 2.26. The Morgan fingerprint density at radius 1 is 1.12 bits per heavy atom. The molecule has 2 aromatic rings. The average Bonchev–Trinajstić information content (AvgIpc) is 2.95. The maximum atomic E-state index is 12.2. The van der Waals surface area contributed by atoms with Crippen LogP contribution in [0.3, 0.4) is 0 Å². The molecule has 0 bridgehead atoms. The van der Waals surface area contributed by atoms with Crippen LogP contribution >= 0.6 is 11.3 Å². The fourth-order valence-corrected chi connectivity index (χ4v) is 2.53. The van der Waals surface area contributed by atoms with Gasteiger partial charge in [0.2, 0.25) is 16.9 Å². The number of rotatable bonds is 4. The van der Waals surface area contributed by atoms with E-state index in [-0.39, 0.29) is 11.8 Å². The van der Waals surface area contributed by atoms with Gasteiger partial charge in [-0.25, -0.2) is 0 Å². The molecule has 0 aliphatic rings. The first-order chi connectivity index (χ1) is 11.2. The van der Waals surface area contributed by atoms with Crippen LogP contribution in [0, 0.1) is 12.3 Å². The monoisotopic (exact) mass is 346 g/mol. The van der Waals surface area contributed by atoms with E-state index in [0.717, 1.165) is 10.6 Å². The number of nitrogens with zero attached hydrogens (tertiary/aromatic N) is 2. The zero-order chi connectivity index (χ0) is 17.9. The summed E-state index contributed by atoms with van der Waals surface area (Å²) in [6, 6.07) is 7.28. The molecule has 1 aromatic heterocycles. The minimum absolute atomic E-state index is 0.178. The zero-order valence-electron chi connectivity index (χ0n) is 14.5.